The molecular formula is C13H17N3O2. The average Bonchev–Trinajstić information content (AvgIpc) is 2.88. The van der Waals surface area contributed by atoms with Gasteiger partial charge in [0.15, 0.2) is 11.5 Å². The molecule has 0 aliphatic rings. The van der Waals surface area contributed by atoms with Crippen LogP contribution in [0, 0.1) is 0 Å². The first-order valence-electron chi connectivity index (χ1n) is 5.83. The number of nitrogens with two attached hydrogens (primary N) is 1. The third-order valence-corrected chi connectivity index (χ3v) is 2.59. The average molecular weight is 247 g/mol. The highest BCUT2D eigenvalue weighted by Gasteiger charge is 2.09. The molecule has 1 aromatic heterocycles. The van der Waals surface area contributed by atoms with Gasteiger partial charge in [0.05, 0.1) is 13.7 Å². The predicted molar refractivity (Wildman–Crippen MR) is 69.6 cm³/mol. The van der Waals surface area contributed by atoms with Crippen LogP contribution in [0.15, 0.2) is 24.4 Å². The van der Waals surface area contributed by atoms with E-state index in [1.807, 2.05) is 25.1 Å². The molecule has 1 aromatic carbocycles. The zero-order valence-corrected chi connectivity index (χ0v) is 10.6. The molecule has 0 aliphatic carbocycles. The van der Waals surface area contributed by atoms with Gasteiger partial charge in [0.25, 0.3) is 0 Å². The molecule has 0 atom stereocenters. The van der Waals surface area contributed by atoms with E-state index in [-0.39, 0.29) is 0 Å². The van der Waals surface area contributed by atoms with Gasteiger partial charge in [0.2, 0.25) is 0 Å². The number of hydrogen-bond donors (Lipinski definition) is 2. The fourth-order valence-electron chi connectivity index (χ4n) is 1.70. The van der Waals surface area contributed by atoms with Crippen molar-refractivity contribution in [2.24, 2.45) is 5.73 Å². The van der Waals surface area contributed by atoms with E-state index in [0.717, 1.165) is 17.1 Å². The van der Waals surface area contributed by atoms with E-state index in [1.54, 1.807) is 13.3 Å². The van der Waals surface area contributed by atoms with Crippen molar-refractivity contribution in [1.82, 2.24) is 9.97 Å². The molecule has 3 N–H and O–H groups in total. The van der Waals surface area contributed by atoms with Crippen molar-refractivity contribution >= 4 is 0 Å². The number of nitrogens with one attached hydrogen (secondary N) is 1. The Labute approximate surface area is 106 Å². The number of benzene rings is 1. The molecule has 5 nitrogen and oxygen atoms in total. The van der Waals surface area contributed by atoms with E-state index in [4.69, 9.17) is 15.2 Å². The Morgan fingerprint density at radius 1 is 1.33 bits per heavy atom. The van der Waals surface area contributed by atoms with Crippen LogP contribution in [0.2, 0.25) is 0 Å². The van der Waals surface area contributed by atoms with Crippen LogP contribution in [0.5, 0.6) is 11.5 Å². The Balaban J connectivity index is 2.36. The van der Waals surface area contributed by atoms with Crippen LogP contribution in [0.1, 0.15) is 12.6 Å². The lowest BCUT2D eigenvalue weighted by molar-refractivity contribution is 0.311. The van der Waals surface area contributed by atoms with Crippen LogP contribution < -0.4 is 15.2 Å². The maximum absolute atomic E-state index is 5.55. The number of methoxy groups -OCH3 is 1. The van der Waals surface area contributed by atoms with Crippen LogP contribution in [0.3, 0.4) is 0 Å². The minimum atomic E-state index is 0.446. The van der Waals surface area contributed by atoms with Crippen molar-refractivity contribution < 1.29 is 9.47 Å². The van der Waals surface area contributed by atoms with Gasteiger partial charge < -0.3 is 20.2 Å². The summed E-state index contributed by atoms with van der Waals surface area (Å²) in [4.78, 5) is 7.44. The van der Waals surface area contributed by atoms with Gasteiger partial charge >= 0.3 is 0 Å². The molecule has 0 saturated heterocycles. The summed E-state index contributed by atoms with van der Waals surface area (Å²) >= 11 is 0. The molecule has 0 bridgehead atoms. The van der Waals surface area contributed by atoms with Crippen molar-refractivity contribution in [3.63, 3.8) is 0 Å². The first kappa shape index (κ1) is 12.4. The zero-order chi connectivity index (χ0) is 13.0. The highest BCUT2D eigenvalue weighted by molar-refractivity contribution is 5.61. The molecule has 0 amide bonds. The van der Waals surface area contributed by atoms with Gasteiger partial charge in [0.1, 0.15) is 5.82 Å². The standard InChI is InChI=1S/C13H17N3O2/c1-3-18-12-6-9(4-5-11(12)17-2)13-15-8-10(7-14)16-13/h4-6,8H,3,7,14H2,1-2H3,(H,15,16). The summed E-state index contributed by atoms with van der Waals surface area (Å²) < 4.78 is 10.8. The number of H-pyrrole nitrogens is 1. The molecular weight excluding hydrogens is 230 g/mol. The maximum atomic E-state index is 5.55. The minimum absolute atomic E-state index is 0.446. The molecule has 2 aromatic rings. The number of imidazole rings is 1. The van der Waals surface area contributed by atoms with Crippen LogP contribution >= 0.6 is 0 Å². The van der Waals surface area contributed by atoms with Gasteiger partial charge in [-0.25, -0.2) is 4.98 Å². The lowest BCUT2D eigenvalue weighted by atomic mass is 10.2. The lowest BCUT2D eigenvalue weighted by Gasteiger charge is -2.10. The summed E-state index contributed by atoms with van der Waals surface area (Å²) in [6.07, 6.45) is 1.74. The van der Waals surface area contributed by atoms with E-state index in [1.165, 1.54) is 0 Å². The summed E-state index contributed by atoms with van der Waals surface area (Å²) in [7, 11) is 1.62. The lowest BCUT2D eigenvalue weighted by Crippen LogP contribution is -1.97. The van der Waals surface area contributed by atoms with Gasteiger partial charge in [-0.05, 0) is 25.1 Å². The van der Waals surface area contributed by atoms with Crippen molar-refractivity contribution in [2.75, 3.05) is 13.7 Å². The summed E-state index contributed by atoms with van der Waals surface area (Å²) in [6, 6.07) is 5.70. The smallest absolute Gasteiger partial charge is 0.161 e. The quantitative estimate of drug-likeness (QED) is 0.846. The molecule has 0 aliphatic heterocycles. The highest BCUT2D eigenvalue weighted by Crippen LogP contribution is 2.31. The largest absolute Gasteiger partial charge is 0.493 e. The van der Waals surface area contributed by atoms with E-state index in [2.05, 4.69) is 9.97 Å². The minimum Gasteiger partial charge on any atom is -0.493 e. The van der Waals surface area contributed by atoms with Gasteiger partial charge in [0, 0.05) is 24.0 Å². The van der Waals surface area contributed by atoms with Gasteiger partial charge in [-0.2, -0.15) is 0 Å². The van der Waals surface area contributed by atoms with Gasteiger partial charge in [-0.3, -0.25) is 0 Å². The third-order valence-electron chi connectivity index (χ3n) is 2.59. The molecule has 1 heterocycles. The van der Waals surface area contributed by atoms with E-state index < -0.39 is 0 Å². The molecule has 0 spiro atoms. The molecule has 5 heteroatoms. The molecule has 0 unspecified atom stereocenters. The van der Waals surface area contributed by atoms with E-state index >= 15 is 0 Å². The Bertz CT molecular complexity index is 523. The number of nitrogens with zero attached hydrogens (tertiary/aromatic N) is 1. The van der Waals surface area contributed by atoms with Crippen molar-refractivity contribution in [3.8, 4) is 22.9 Å². The summed E-state index contributed by atoms with van der Waals surface area (Å²) in [5.74, 6) is 2.20. The summed E-state index contributed by atoms with van der Waals surface area (Å²) in [5.41, 5.74) is 7.39. The third kappa shape index (κ3) is 2.46. The fourth-order valence-corrected chi connectivity index (χ4v) is 1.70. The SMILES string of the molecule is CCOc1cc(-c2ncc(CN)[nH]2)ccc1OC. The Morgan fingerprint density at radius 2 is 2.17 bits per heavy atom. The van der Waals surface area contributed by atoms with E-state index in [0.29, 0.717) is 24.7 Å². The van der Waals surface area contributed by atoms with Crippen molar-refractivity contribution in [3.05, 3.63) is 30.1 Å². The number of hydrogen-bond acceptors (Lipinski definition) is 4. The zero-order valence-electron chi connectivity index (χ0n) is 10.6. The summed E-state index contributed by atoms with van der Waals surface area (Å²) in [6.45, 7) is 2.97. The van der Waals surface area contributed by atoms with Gasteiger partial charge in [-0.1, -0.05) is 0 Å². The van der Waals surface area contributed by atoms with Crippen LogP contribution in [-0.2, 0) is 6.54 Å². The Hall–Kier alpha value is -2.01. The molecule has 96 valence electrons. The topological polar surface area (TPSA) is 73.2 Å². The van der Waals surface area contributed by atoms with E-state index in [9.17, 15) is 0 Å². The normalized spacial score (nSPS) is 10.4. The number of aromatic amines is 1. The fraction of sp³-hybridized carbons (Fsp3) is 0.308. The Morgan fingerprint density at radius 3 is 2.78 bits per heavy atom. The predicted octanol–water partition coefficient (Wildman–Crippen LogP) is 1.94. The Kier molecular flexibility index (Phi) is 3.84. The first-order chi connectivity index (χ1) is 8.78. The summed E-state index contributed by atoms with van der Waals surface area (Å²) in [5, 5.41) is 0. The van der Waals surface area contributed by atoms with Crippen LogP contribution in [0.4, 0.5) is 0 Å². The second-order valence-electron chi connectivity index (χ2n) is 3.76. The maximum Gasteiger partial charge on any atom is 0.161 e. The first-order valence-corrected chi connectivity index (χ1v) is 5.83. The number of aromatic nitrogens is 2. The monoisotopic (exact) mass is 247 g/mol. The molecule has 0 radical (unpaired) electrons. The van der Waals surface area contributed by atoms with Crippen LogP contribution in [-0.4, -0.2) is 23.7 Å². The van der Waals surface area contributed by atoms with Gasteiger partial charge in [-0.15, -0.1) is 0 Å². The molecule has 18 heavy (non-hydrogen) atoms. The number of rotatable bonds is 5. The molecule has 2 rings (SSSR count). The second-order valence-corrected chi connectivity index (χ2v) is 3.76. The molecule has 0 fully saturated rings. The second kappa shape index (κ2) is 5.55. The van der Waals surface area contributed by atoms with Crippen molar-refractivity contribution in [1.29, 1.82) is 0 Å². The highest BCUT2D eigenvalue weighted by atomic mass is 16.5. The number of ether oxygens (including phenoxy) is 2. The van der Waals surface area contributed by atoms with Crippen LogP contribution in [0.25, 0.3) is 11.4 Å². The van der Waals surface area contributed by atoms with Crippen molar-refractivity contribution in [2.45, 2.75) is 13.5 Å². The molecule has 0 saturated carbocycles.